The molecule has 1 aliphatic rings. The van der Waals surface area contributed by atoms with E-state index >= 15 is 0 Å². The first-order valence-electron chi connectivity index (χ1n) is 4.33. The van der Waals surface area contributed by atoms with Gasteiger partial charge in [0.1, 0.15) is 0 Å². The predicted molar refractivity (Wildman–Crippen MR) is 49.1 cm³/mol. The van der Waals surface area contributed by atoms with E-state index in [9.17, 15) is 0 Å². The van der Waals surface area contributed by atoms with Crippen LogP contribution in [0.2, 0.25) is 0 Å². The molecule has 0 bridgehead atoms. The summed E-state index contributed by atoms with van der Waals surface area (Å²) in [6.07, 6.45) is 1.84. The summed E-state index contributed by atoms with van der Waals surface area (Å²) >= 11 is 0. The van der Waals surface area contributed by atoms with Gasteiger partial charge in [0.15, 0.2) is 5.75 Å². The van der Waals surface area contributed by atoms with Gasteiger partial charge >= 0.3 is 0 Å². The molecule has 0 unspecified atom stereocenters. The average molecular weight is 179 g/mol. The fraction of sp³-hybridized carbons (Fsp3) is 0.500. The van der Waals surface area contributed by atoms with Gasteiger partial charge < -0.3 is 9.47 Å². The number of hydrogen-bond acceptors (Lipinski definition) is 3. The molecule has 3 nitrogen and oxygen atoms in total. The summed E-state index contributed by atoms with van der Waals surface area (Å²) in [5, 5.41) is 0. The van der Waals surface area contributed by atoms with Gasteiger partial charge in [-0.1, -0.05) is 20.8 Å². The Morgan fingerprint density at radius 1 is 1.31 bits per heavy atom. The molecule has 0 amide bonds. The van der Waals surface area contributed by atoms with Gasteiger partial charge in [-0.15, -0.1) is 0 Å². The molecule has 0 radical (unpaired) electrons. The van der Waals surface area contributed by atoms with Crippen LogP contribution in [0.5, 0.6) is 11.6 Å². The van der Waals surface area contributed by atoms with Crippen LogP contribution in [0.25, 0.3) is 0 Å². The van der Waals surface area contributed by atoms with Crippen molar-refractivity contribution in [2.45, 2.75) is 26.2 Å². The molecule has 0 saturated carbocycles. The zero-order chi connectivity index (χ0) is 9.47. The zero-order valence-corrected chi connectivity index (χ0v) is 8.13. The summed E-state index contributed by atoms with van der Waals surface area (Å²) in [4.78, 5) is 4.18. The lowest BCUT2D eigenvalue weighted by Gasteiger charge is -2.18. The number of aromatic nitrogens is 1. The number of fused-ring (bicyclic) bond motifs is 1. The molecule has 0 spiro atoms. The Hall–Kier alpha value is -1.25. The lowest BCUT2D eigenvalue weighted by atomic mass is 9.88. The minimum absolute atomic E-state index is 0.105. The van der Waals surface area contributed by atoms with E-state index in [1.807, 2.05) is 12.3 Å². The van der Waals surface area contributed by atoms with Gasteiger partial charge in [0.25, 0.3) is 5.88 Å². The Labute approximate surface area is 77.7 Å². The van der Waals surface area contributed by atoms with E-state index in [1.54, 1.807) is 0 Å². The second-order valence-corrected chi connectivity index (χ2v) is 4.18. The van der Waals surface area contributed by atoms with Crippen LogP contribution < -0.4 is 9.47 Å². The molecule has 3 heteroatoms. The van der Waals surface area contributed by atoms with Gasteiger partial charge in [-0.2, -0.15) is 0 Å². The molecule has 1 aromatic heterocycles. The maximum Gasteiger partial charge on any atom is 0.260 e. The maximum atomic E-state index is 5.25. The standard InChI is InChI=1S/C10H13NO2/c1-10(2,3)7-4-8-9(11-5-7)13-6-12-8/h4-5H,6H2,1-3H3. The second kappa shape index (κ2) is 2.62. The minimum Gasteiger partial charge on any atom is -0.452 e. The van der Waals surface area contributed by atoms with Crippen LogP contribution in [0.4, 0.5) is 0 Å². The summed E-state index contributed by atoms with van der Waals surface area (Å²) in [6.45, 7) is 6.72. The van der Waals surface area contributed by atoms with Crippen LogP contribution in [-0.4, -0.2) is 11.8 Å². The van der Waals surface area contributed by atoms with E-state index in [0.29, 0.717) is 5.88 Å². The van der Waals surface area contributed by atoms with Gasteiger partial charge in [0, 0.05) is 6.20 Å². The quantitative estimate of drug-likeness (QED) is 0.611. The molecular formula is C10H13NO2. The van der Waals surface area contributed by atoms with Crippen LogP contribution in [0.1, 0.15) is 26.3 Å². The van der Waals surface area contributed by atoms with Crippen molar-refractivity contribution < 1.29 is 9.47 Å². The van der Waals surface area contributed by atoms with E-state index in [2.05, 4.69) is 25.8 Å². The third kappa shape index (κ3) is 1.46. The summed E-state index contributed by atoms with van der Waals surface area (Å²) in [5.74, 6) is 1.36. The van der Waals surface area contributed by atoms with E-state index in [1.165, 1.54) is 0 Å². The molecule has 0 fully saturated rings. The molecule has 1 aliphatic heterocycles. The molecule has 0 aromatic carbocycles. The fourth-order valence-electron chi connectivity index (χ4n) is 1.20. The minimum atomic E-state index is 0.105. The van der Waals surface area contributed by atoms with Crippen molar-refractivity contribution in [3.8, 4) is 11.6 Å². The fourth-order valence-corrected chi connectivity index (χ4v) is 1.20. The highest BCUT2D eigenvalue weighted by atomic mass is 16.7. The largest absolute Gasteiger partial charge is 0.452 e. The van der Waals surface area contributed by atoms with Gasteiger partial charge in [0.2, 0.25) is 6.79 Å². The molecule has 2 heterocycles. The monoisotopic (exact) mass is 179 g/mol. The Morgan fingerprint density at radius 2 is 2.08 bits per heavy atom. The van der Waals surface area contributed by atoms with Crippen molar-refractivity contribution in [1.29, 1.82) is 0 Å². The highest BCUT2D eigenvalue weighted by Gasteiger charge is 2.20. The Bertz CT molecular complexity index is 328. The van der Waals surface area contributed by atoms with E-state index in [4.69, 9.17) is 9.47 Å². The summed E-state index contributed by atoms with van der Waals surface area (Å²) in [5.41, 5.74) is 1.27. The van der Waals surface area contributed by atoms with Crippen molar-refractivity contribution >= 4 is 0 Å². The van der Waals surface area contributed by atoms with Gasteiger partial charge in [-0.25, -0.2) is 4.98 Å². The van der Waals surface area contributed by atoms with Crippen molar-refractivity contribution in [3.63, 3.8) is 0 Å². The SMILES string of the molecule is CC(C)(C)c1cnc2c(c1)OCO2. The molecule has 70 valence electrons. The Balaban J connectivity index is 2.42. The molecule has 1 aromatic rings. The van der Waals surface area contributed by atoms with Crippen molar-refractivity contribution in [1.82, 2.24) is 4.98 Å². The number of rotatable bonds is 0. The maximum absolute atomic E-state index is 5.25. The lowest BCUT2D eigenvalue weighted by Crippen LogP contribution is -2.11. The van der Waals surface area contributed by atoms with Crippen LogP contribution in [0.15, 0.2) is 12.3 Å². The van der Waals surface area contributed by atoms with Crippen molar-refractivity contribution in [2.75, 3.05) is 6.79 Å². The van der Waals surface area contributed by atoms with Crippen LogP contribution in [0, 0.1) is 0 Å². The lowest BCUT2D eigenvalue weighted by molar-refractivity contribution is 0.171. The first-order chi connectivity index (χ1) is 6.07. The molecule has 13 heavy (non-hydrogen) atoms. The van der Waals surface area contributed by atoms with Crippen LogP contribution >= 0.6 is 0 Å². The first-order valence-corrected chi connectivity index (χ1v) is 4.33. The third-order valence-corrected chi connectivity index (χ3v) is 2.09. The number of ether oxygens (including phenoxy) is 2. The normalized spacial score (nSPS) is 14.7. The third-order valence-electron chi connectivity index (χ3n) is 2.09. The highest BCUT2D eigenvalue weighted by molar-refractivity contribution is 5.40. The number of pyridine rings is 1. The van der Waals surface area contributed by atoms with E-state index in [-0.39, 0.29) is 12.2 Å². The molecule has 0 atom stereocenters. The summed E-state index contributed by atoms with van der Waals surface area (Å²) in [7, 11) is 0. The van der Waals surface area contributed by atoms with Crippen LogP contribution in [0.3, 0.4) is 0 Å². The van der Waals surface area contributed by atoms with Gasteiger partial charge in [-0.05, 0) is 17.0 Å². The van der Waals surface area contributed by atoms with Gasteiger partial charge in [0.05, 0.1) is 0 Å². The summed E-state index contributed by atoms with van der Waals surface area (Å²) in [6, 6.07) is 2.00. The van der Waals surface area contributed by atoms with E-state index < -0.39 is 0 Å². The average Bonchev–Trinajstić information content (AvgIpc) is 2.47. The Kier molecular flexibility index (Phi) is 1.68. The van der Waals surface area contributed by atoms with Crippen LogP contribution in [-0.2, 0) is 5.41 Å². The summed E-state index contributed by atoms with van der Waals surface area (Å²) < 4.78 is 10.4. The second-order valence-electron chi connectivity index (χ2n) is 4.18. The molecule has 0 saturated heterocycles. The molecule has 2 rings (SSSR count). The predicted octanol–water partition coefficient (Wildman–Crippen LogP) is 2.11. The van der Waals surface area contributed by atoms with Gasteiger partial charge in [-0.3, -0.25) is 0 Å². The first kappa shape index (κ1) is 8.35. The number of nitrogens with zero attached hydrogens (tertiary/aromatic N) is 1. The highest BCUT2D eigenvalue weighted by Crippen LogP contribution is 2.33. The Morgan fingerprint density at radius 3 is 2.77 bits per heavy atom. The van der Waals surface area contributed by atoms with E-state index in [0.717, 1.165) is 11.3 Å². The molecular weight excluding hydrogens is 166 g/mol. The zero-order valence-electron chi connectivity index (χ0n) is 8.13. The topological polar surface area (TPSA) is 31.4 Å². The van der Waals surface area contributed by atoms with Crippen molar-refractivity contribution in [2.24, 2.45) is 0 Å². The van der Waals surface area contributed by atoms with Crippen molar-refractivity contribution in [3.05, 3.63) is 17.8 Å². The molecule has 0 aliphatic carbocycles. The number of hydrogen-bond donors (Lipinski definition) is 0. The molecule has 0 N–H and O–H groups in total. The smallest absolute Gasteiger partial charge is 0.260 e.